The zero-order chi connectivity index (χ0) is 14.5. The van der Waals surface area contributed by atoms with Gasteiger partial charge in [0.05, 0.1) is 11.3 Å². The van der Waals surface area contributed by atoms with Gasteiger partial charge in [-0.1, -0.05) is 12.1 Å². The Morgan fingerprint density at radius 3 is 2.55 bits per heavy atom. The minimum Gasteiger partial charge on any atom is -0.355 e. The molecule has 0 fully saturated rings. The van der Waals surface area contributed by atoms with Crippen molar-refractivity contribution in [2.24, 2.45) is 0 Å². The second-order valence-corrected chi connectivity index (χ2v) is 4.77. The lowest BCUT2D eigenvalue weighted by Gasteiger charge is -2.10. The lowest BCUT2D eigenvalue weighted by Crippen LogP contribution is -2.22. The third-order valence-electron chi connectivity index (χ3n) is 2.62. The molecule has 0 saturated carbocycles. The van der Waals surface area contributed by atoms with Crippen LogP contribution in [0.5, 0.6) is 0 Å². The van der Waals surface area contributed by atoms with Crippen LogP contribution in [0.25, 0.3) is 0 Å². The van der Waals surface area contributed by atoms with E-state index in [4.69, 9.17) is 0 Å². The van der Waals surface area contributed by atoms with Crippen LogP contribution >= 0.6 is 15.9 Å². The van der Waals surface area contributed by atoms with Crippen molar-refractivity contribution in [2.75, 3.05) is 12.4 Å². The molecule has 2 N–H and O–H groups in total. The third kappa shape index (κ3) is 3.03. The predicted octanol–water partition coefficient (Wildman–Crippen LogP) is 2.46. The fourth-order valence-electron chi connectivity index (χ4n) is 1.66. The van der Waals surface area contributed by atoms with Crippen molar-refractivity contribution in [1.29, 1.82) is 0 Å². The Morgan fingerprint density at radius 2 is 1.85 bits per heavy atom. The van der Waals surface area contributed by atoms with Gasteiger partial charge in [-0.15, -0.1) is 0 Å². The number of carbonyl (C=O) groups excluding carboxylic acids is 2. The molecule has 2 aromatic rings. The predicted molar refractivity (Wildman–Crippen MR) is 79.7 cm³/mol. The maximum absolute atomic E-state index is 12.2. The third-order valence-corrected chi connectivity index (χ3v) is 3.26. The molecule has 0 aliphatic rings. The highest BCUT2D eigenvalue weighted by molar-refractivity contribution is 9.10. The number of hydrogen-bond donors (Lipinski definition) is 2. The van der Waals surface area contributed by atoms with E-state index in [0.29, 0.717) is 15.7 Å². The Labute approximate surface area is 124 Å². The molecule has 0 aliphatic heterocycles. The fraction of sp³-hybridized carbons (Fsp3) is 0.0714. The summed E-state index contributed by atoms with van der Waals surface area (Å²) < 4.78 is 0.593. The molecule has 5 nitrogen and oxygen atoms in total. The first-order chi connectivity index (χ1) is 9.63. The van der Waals surface area contributed by atoms with Gasteiger partial charge < -0.3 is 10.6 Å². The minimum absolute atomic E-state index is 0.263. The van der Waals surface area contributed by atoms with E-state index < -0.39 is 0 Å². The summed E-state index contributed by atoms with van der Waals surface area (Å²) in [5.74, 6) is -0.644. The van der Waals surface area contributed by atoms with Gasteiger partial charge in [-0.3, -0.25) is 9.59 Å². The summed E-state index contributed by atoms with van der Waals surface area (Å²) in [5, 5.41) is 5.22. The summed E-state index contributed by atoms with van der Waals surface area (Å²) in [4.78, 5) is 27.9. The number of nitrogens with zero attached hydrogens (tertiary/aromatic N) is 1. The van der Waals surface area contributed by atoms with E-state index in [9.17, 15) is 9.59 Å². The molecule has 0 spiro atoms. The number of halogens is 1. The van der Waals surface area contributed by atoms with Crippen molar-refractivity contribution in [2.45, 2.75) is 0 Å². The number of amides is 2. The number of carbonyl (C=O) groups is 2. The van der Waals surface area contributed by atoms with Crippen molar-refractivity contribution < 1.29 is 9.59 Å². The topological polar surface area (TPSA) is 71.1 Å². The average molecular weight is 334 g/mol. The van der Waals surface area contributed by atoms with Crippen LogP contribution in [0.3, 0.4) is 0 Å². The second kappa shape index (κ2) is 6.29. The van der Waals surface area contributed by atoms with Gasteiger partial charge in [0.15, 0.2) is 0 Å². The van der Waals surface area contributed by atoms with Crippen molar-refractivity contribution in [3.63, 3.8) is 0 Å². The molecule has 20 heavy (non-hydrogen) atoms. The monoisotopic (exact) mass is 333 g/mol. The summed E-state index contributed by atoms with van der Waals surface area (Å²) in [7, 11) is 1.54. The van der Waals surface area contributed by atoms with Gasteiger partial charge in [0.2, 0.25) is 0 Å². The van der Waals surface area contributed by atoms with E-state index in [1.54, 1.807) is 36.4 Å². The first-order valence-corrected chi connectivity index (χ1v) is 6.65. The molecule has 1 aromatic carbocycles. The number of para-hydroxylation sites is 1. The molecule has 2 amide bonds. The van der Waals surface area contributed by atoms with Crippen LogP contribution in [-0.4, -0.2) is 23.8 Å². The van der Waals surface area contributed by atoms with E-state index in [1.165, 1.54) is 13.2 Å². The number of benzene rings is 1. The molecule has 0 unspecified atom stereocenters. The van der Waals surface area contributed by atoms with Crippen LogP contribution in [-0.2, 0) is 0 Å². The molecular weight excluding hydrogens is 322 g/mol. The molecule has 0 aliphatic carbocycles. The van der Waals surface area contributed by atoms with Crippen molar-refractivity contribution >= 4 is 33.4 Å². The number of anilines is 1. The highest BCUT2D eigenvalue weighted by Crippen LogP contribution is 2.18. The van der Waals surface area contributed by atoms with Gasteiger partial charge in [-0.05, 0) is 40.2 Å². The van der Waals surface area contributed by atoms with Crippen LogP contribution in [0.15, 0.2) is 47.1 Å². The Hall–Kier alpha value is -2.21. The number of aromatic nitrogens is 1. The highest BCUT2D eigenvalue weighted by Gasteiger charge is 2.15. The molecule has 1 aromatic heterocycles. The number of hydrogen-bond acceptors (Lipinski definition) is 3. The summed E-state index contributed by atoms with van der Waals surface area (Å²) in [6, 6.07) is 10.2. The van der Waals surface area contributed by atoms with Gasteiger partial charge in [0.1, 0.15) is 5.69 Å². The molecular formula is C14H12BrN3O2. The largest absolute Gasteiger partial charge is 0.355 e. The van der Waals surface area contributed by atoms with Crippen LogP contribution in [0.4, 0.5) is 5.69 Å². The number of rotatable bonds is 3. The maximum Gasteiger partial charge on any atom is 0.275 e. The number of pyridine rings is 1. The zero-order valence-corrected chi connectivity index (χ0v) is 12.3. The molecule has 0 radical (unpaired) electrons. The van der Waals surface area contributed by atoms with Gasteiger partial charge in [0, 0.05) is 17.7 Å². The second-order valence-electron chi connectivity index (χ2n) is 3.91. The molecule has 102 valence electrons. The van der Waals surface area contributed by atoms with Crippen LogP contribution in [0.2, 0.25) is 0 Å². The van der Waals surface area contributed by atoms with Gasteiger partial charge in [-0.25, -0.2) is 4.98 Å². The smallest absolute Gasteiger partial charge is 0.275 e. The Kier molecular flexibility index (Phi) is 4.47. The summed E-state index contributed by atoms with van der Waals surface area (Å²) in [6.45, 7) is 0. The van der Waals surface area contributed by atoms with Crippen LogP contribution in [0, 0.1) is 0 Å². The van der Waals surface area contributed by atoms with E-state index in [2.05, 4.69) is 31.5 Å². The van der Waals surface area contributed by atoms with Crippen molar-refractivity contribution in [1.82, 2.24) is 10.3 Å². The molecule has 6 heteroatoms. The van der Waals surface area contributed by atoms with E-state index in [0.717, 1.165) is 0 Å². The number of nitrogens with one attached hydrogen (secondary N) is 2. The molecule has 0 saturated heterocycles. The Morgan fingerprint density at radius 1 is 1.10 bits per heavy atom. The standard InChI is InChI=1S/C14H12BrN3O2/c1-16-13(19)9-5-2-3-7-11(9)18-14(20)12-10(15)6-4-8-17-12/h2-8H,1H3,(H,16,19)(H,18,20). The zero-order valence-electron chi connectivity index (χ0n) is 10.7. The van der Waals surface area contributed by atoms with Crippen LogP contribution < -0.4 is 10.6 Å². The minimum atomic E-state index is -0.381. The van der Waals surface area contributed by atoms with E-state index >= 15 is 0 Å². The van der Waals surface area contributed by atoms with Crippen LogP contribution in [0.1, 0.15) is 20.8 Å². The quantitative estimate of drug-likeness (QED) is 0.906. The molecule has 1 heterocycles. The lowest BCUT2D eigenvalue weighted by molar-refractivity contribution is 0.0964. The molecule has 2 rings (SSSR count). The highest BCUT2D eigenvalue weighted by atomic mass is 79.9. The summed E-state index contributed by atoms with van der Waals surface area (Å²) in [6.07, 6.45) is 1.53. The molecule has 0 bridgehead atoms. The van der Waals surface area contributed by atoms with Gasteiger partial charge >= 0.3 is 0 Å². The average Bonchev–Trinajstić information content (AvgIpc) is 2.47. The summed E-state index contributed by atoms with van der Waals surface area (Å²) in [5.41, 5.74) is 1.10. The van der Waals surface area contributed by atoms with Crippen molar-refractivity contribution in [3.8, 4) is 0 Å². The van der Waals surface area contributed by atoms with Gasteiger partial charge in [0.25, 0.3) is 11.8 Å². The normalized spacial score (nSPS) is 9.90. The van der Waals surface area contributed by atoms with E-state index in [-0.39, 0.29) is 17.5 Å². The summed E-state index contributed by atoms with van der Waals surface area (Å²) >= 11 is 3.27. The SMILES string of the molecule is CNC(=O)c1ccccc1NC(=O)c1ncccc1Br. The molecule has 0 atom stereocenters. The fourth-order valence-corrected chi connectivity index (χ4v) is 2.09. The Balaban J connectivity index is 2.29. The maximum atomic E-state index is 12.2. The first-order valence-electron chi connectivity index (χ1n) is 5.86. The van der Waals surface area contributed by atoms with Crippen molar-refractivity contribution in [3.05, 3.63) is 58.3 Å². The lowest BCUT2D eigenvalue weighted by atomic mass is 10.1. The Bertz CT molecular complexity index is 658. The van der Waals surface area contributed by atoms with E-state index in [1.807, 2.05) is 0 Å². The van der Waals surface area contributed by atoms with Gasteiger partial charge in [-0.2, -0.15) is 0 Å². The first kappa shape index (κ1) is 14.2.